The Labute approximate surface area is 117 Å². The van der Waals surface area contributed by atoms with E-state index in [0.29, 0.717) is 18.0 Å². The maximum atomic E-state index is 12.3. The molecule has 0 amide bonds. The Morgan fingerprint density at radius 3 is 3.00 bits per heavy atom. The van der Waals surface area contributed by atoms with Gasteiger partial charge in [-0.25, -0.2) is 0 Å². The Bertz CT molecular complexity index is 640. The summed E-state index contributed by atoms with van der Waals surface area (Å²) in [6.07, 6.45) is 2.55. The SMILES string of the molecule is Nc1cccnc1C(=O)CC1OCCc2ccccc21. The molecule has 0 fully saturated rings. The van der Waals surface area contributed by atoms with Crippen molar-refractivity contribution in [2.45, 2.75) is 18.9 Å². The highest BCUT2D eigenvalue weighted by Gasteiger charge is 2.24. The molecule has 0 bridgehead atoms. The minimum atomic E-state index is -0.200. The van der Waals surface area contributed by atoms with Gasteiger partial charge >= 0.3 is 0 Å². The number of nitrogens with two attached hydrogens (primary N) is 1. The molecule has 0 spiro atoms. The number of ether oxygens (including phenoxy) is 1. The van der Waals surface area contributed by atoms with E-state index in [1.807, 2.05) is 18.2 Å². The summed E-state index contributed by atoms with van der Waals surface area (Å²) < 4.78 is 5.75. The standard InChI is InChI=1S/C16H16N2O2/c17-13-6-3-8-18-16(13)14(19)10-15-12-5-2-1-4-11(12)7-9-20-15/h1-6,8,15H,7,9-10,17H2. The molecule has 1 aromatic heterocycles. The molecule has 2 aromatic rings. The van der Waals surface area contributed by atoms with Crippen LogP contribution in [0.5, 0.6) is 0 Å². The quantitative estimate of drug-likeness (QED) is 0.869. The average Bonchev–Trinajstić information content (AvgIpc) is 2.48. The topological polar surface area (TPSA) is 65.2 Å². The molecule has 102 valence electrons. The van der Waals surface area contributed by atoms with Gasteiger partial charge in [-0.1, -0.05) is 24.3 Å². The van der Waals surface area contributed by atoms with Gasteiger partial charge in [-0.15, -0.1) is 0 Å². The van der Waals surface area contributed by atoms with E-state index in [9.17, 15) is 4.79 Å². The van der Waals surface area contributed by atoms with Crippen molar-refractivity contribution in [2.75, 3.05) is 12.3 Å². The van der Waals surface area contributed by atoms with Crippen LogP contribution in [0.2, 0.25) is 0 Å². The van der Waals surface area contributed by atoms with Crippen LogP contribution in [-0.2, 0) is 11.2 Å². The summed E-state index contributed by atoms with van der Waals surface area (Å²) in [4.78, 5) is 16.4. The molecule has 1 aliphatic heterocycles. The molecule has 1 atom stereocenters. The van der Waals surface area contributed by atoms with E-state index in [1.54, 1.807) is 18.3 Å². The molecule has 1 unspecified atom stereocenters. The number of ketones is 1. The third kappa shape index (κ3) is 2.42. The van der Waals surface area contributed by atoms with E-state index < -0.39 is 0 Å². The Morgan fingerprint density at radius 1 is 1.30 bits per heavy atom. The van der Waals surface area contributed by atoms with E-state index in [2.05, 4.69) is 11.1 Å². The van der Waals surface area contributed by atoms with Crippen molar-refractivity contribution in [2.24, 2.45) is 0 Å². The van der Waals surface area contributed by atoms with Crippen LogP contribution in [-0.4, -0.2) is 17.4 Å². The summed E-state index contributed by atoms with van der Waals surface area (Å²) in [6.45, 7) is 0.645. The number of hydrogen-bond donors (Lipinski definition) is 1. The third-order valence-electron chi connectivity index (χ3n) is 3.57. The summed E-state index contributed by atoms with van der Waals surface area (Å²) in [5.74, 6) is -0.0789. The number of anilines is 1. The van der Waals surface area contributed by atoms with Crippen molar-refractivity contribution >= 4 is 11.5 Å². The van der Waals surface area contributed by atoms with Crippen LogP contribution < -0.4 is 5.73 Å². The van der Waals surface area contributed by atoms with Crippen LogP contribution in [0.1, 0.15) is 34.1 Å². The normalized spacial score (nSPS) is 17.5. The Morgan fingerprint density at radius 2 is 2.15 bits per heavy atom. The number of rotatable bonds is 3. The van der Waals surface area contributed by atoms with Gasteiger partial charge in [0, 0.05) is 12.6 Å². The van der Waals surface area contributed by atoms with Gasteiger partial charge in [-0.05, 0) is 29.7 Å². The predicted molar refractivity (Wildman–Crippen MR) is 76.4 cm³/mol. The first-order chi connectivity index (χ1) is 9.75. The second-order valence-corrected chi connectivity index (χ2v) is 4.88. The monoisotopic (exact) mass is 268 g/mol. The lowest BCUT2D eigenvalue weighted by Crippen LogP contribution is -2.20. The number of hydrogen-bond acceptors (Lipinski definition) is 4. The Hall–Kier alpha value is -2.20. The molecular formula is C16H16N2O2. The first kappa shape index (κ1) is 12.8. The largest absolute Gasteiger partial charge is 0.397 e. The van der Waals surface area contributed by atoms with Gasteiger partial charge in [0.15, 0.2) is 5.78 Å². The van der Waals surface area contributed by atoms with Crippen molar-refractivity contribution in [3.05, 3.63) is 59.4 Å². The summed E-state index contributed by atoms with van der Waals surface area (Å²) >= 11 is 0. The number of fused-ring (bicyclic) bond motifs is 1. The maximum absolute atomic E-state index is 12.3. The fourth-order valence-corrected chi connectivity index (χ4v) is 2.56. The Balaban J connectivity index is 1.83. The molecule has 20 heavy (non-hydrogen) atoms. The average molecular weight is 268 g/mol. The van der Waals surface area contributed by atoms with Crippen molar-refractivity contribution in [3.8, 4) is 0 Å². The molecule has 0 saturated heterocycles. The van der Waals surface area contributed by atoms with Crippen molar-refractivity contribution in [1.82, 2.24) is 4.98 Å². The van der Waals surface area contributed by atoms with Gasteiger partial charge in [0.25, 0.3) is 0 Å². The zero-order valence-corrected chi connectivity index (χ0v) is 11.1. The highest BCUT2D eigenvalue weighted by Crippen LogP contribution is 2.30. The van der Waals surface area contributed by atoms with Gasteiger partial charge in [0.2, 0.25) is 0 Å². The maximum Gasteiger partial charge on any atom is 0.186 e. The molecule has 0 radical (unpaired) electrons. The molecule has 4 nitrogen and oxygen atoms in total. The molecule has 0 saturated carbocycles. The van der Waals surface area contributed by atoms with Gasteiger partial charge in [-0.2, -0.15) is 0 Å². The molecule has 2 N–H and O–H groups in total. The lowest BCUT2D eigenvalue weighted by molar-refractivity contribution is 0.0350. The van der Waals surface area contributed by atoms with E-state index in [1.165, 1.54) is 5.56 Å². The molecular weight excluding hydrogens is 252 g/mol. The van der Waals surface area contributed by atoms with Gasteiger partial charge in [0.1, 0.15) is 5.69 Å². The summed E-state index contributed by atoms with van der Waals surface area (Å²) in [7, 11) is 0. The number of Topliss-reactive ketones (excluding diaryl/α,β-unsaturated/α-hetero) is 1. The van der Waals surface area contributed by atoms with Crippen LogP contribution in [0.4, 0.5) is 5.69 Å². The van der Waals surface area contributed by atoms with Crippen LogP contribution in [0.3, 0.4) is 0 Å². The van der Waals surface area contributed by atoms with Crippen LogP contribution in [0.25, 0.3) is 0 Å². The van der Waals surface area contributed by atoms with E-state index in [-0.39, 0.29) is 18.3 Å². The van der Waals surface area contributed by atoms with Crippen LogP contribution in [0, 0.1) is 0 Å². The smallest absolute Gasteiger partial charge is 0.186 e. The molecule has 1 aliphatic rings. The van der Waals surface area contributed by atoms with Gasteiger partial charge in [-0.3, -0.25) is 9.78 Å². The van der Waals surface area contributed by atoms with Crippen LogP contribution in [0.15, 0.2) is 42.6 Å². The second-order valence-electron chi connectivity index (χ2n) is 4.88. The predicted octanol–water partition coefficient (Wildman–Crippen LogP) is 2.55. The fourth-order valence-electron chi connectivity index (χ4n) is 2.56. The second kappa shape index (κ2) is 5.43. The summed E-state index contributed by atoms with van der Waals surface area (Å²) in [5.41, 5.74) is 8.90. The van der Waals surface area contributed by atoms with E-state index >= 15 is 0 Å². The molecule has 4 heteroatoms. The third-order valence-corrected chi connectivity index (χ3v) is 3.57. The summed E-state index contributed by atoms with van der Waals surface area (Å²) in [6, 6.07) is 11.5. The van der Waals surface area contributed by atoms with E-state index in [4.69, 9.17) is 10.5 Å². The highest BCUT2D eigenvalue weighted by atomic mass is 16.5. The molecule has 3 rings (SSSR count). The molecule has 1 aromatic carbocycles. The number of pyridine rings is 1. The first-order valence-corrected chi connectivity index (χ1v) is 6.69. The molecule has 0 aliphatic carbocycles. The number of nitrogens with zero attached hydrogens (tertiary/aromatic N) is 1. The number of nitrogen functional groups attached to an aromatic ring is 1. The lowest BCUT2D eigenvalue weighted by atomic mass is 9.94. The zero-order chi connectivity index (χ0) is 13.9. The lowest BCUT2D eigenvalue weighted by Gasteiger charge is -2.25. The molecule has 2 heterocycles. The number of aromatic nitrogens is 1. The zero-order valence-electron chi connectivity index (χ0n) is 11.1. The fraction of sp³-hybridized carbons (Fsp3) is 0.250. The van der Waals surface area contributed by atoms with Crippen molar-refractivity contribution in [1.29, 1.82) is 0 Å². The number of benzene rings is 1. The number of carbonyl (C=O) groups excluding carboxylic acids is 1. The number of carbonyl (C=O) groups is 1. The van der Waals surface area contributed by atoms with Crippen molar-refractivity contribution in [3.63, 3.8) is 0 Å². The Kier molecular flexibility index (Phi) is 3.48. The van der Waals surface area contributed by atoms with Crippen molar-refractivity contribution < 1.29 is 9.53 Å². The van der Waals surface area contributed by atoms with Gasteiger partial charge in [0.05, 0.1) is 18.4 Å². The minimum Gasteiger partial charge on any atom is -0.397 e. The van der Waals surface area contributed by atoms with E-state index in [0.717, 1.165) is 12.0 Å². The minimum absolute atomic E-state index is 0.0789. The highest BCUT2D eigenvalue weighted by molar-refractivity contribution is 5.99. The van der Waals surface area contributed by atoms with Crippen LogP contribution >= 0.6 is 0 Å². The summed E-state index contributed by atoms with van der Waals surface area (Å²) in [5, 5.41) is 0. The first-order valence-electron chi connectivity index (χ1n) is 6.69. The van der Waals surface area contributed by atoms with Gasteiger partial charge < -0.3 is 10.5 Å².